The smallest absolute Gasteiger partial charge is 0.269 e. The van der Waals surface area contributed by atoms with Gasteiger partial charge in [0.05, 0.1) is 17.2 Å². The fraction of sp³-hybridized carbons (Fsp3) is 0.136. The zero-order valence-corrected chi connectivity index (χ0v) is 14.6. The number of hydrogen-bond acceptors (Lipinski definition) is 3. The van der Waals surface area contributed by atoms with Gasteiger partial charge in [-0.1, -0.05) is 36.4 Å². The van der Waals surface area contributed by atoms with E-state index >= 15 is 0 Å². The molecule has 1 N–H and O–H groups in total. The zero-order chi connectivity index (χ0) is 18.4. The first-order valence-electron chi connectivity index (χ1n) is 8.98. The van der Waals surface area contributed by atoms with Crippen molar-refractivity contribution < 1.29 is 4.79 Å². The summed E-state index contributed by atoms with van der Waals surface area (Å²) in [5.74, 6) is -0.229. The molecule has 4 aromatic rings. The number of para-hydroxylation sites is 2. The van der Waals surface area contributed by atoms with E-state index in [9.17, 15) is 9.59 Å². The summed E-state index contributed by atoms with van der Waals surface area (Å²) in [5.41, 5.74) is 4.50. The molecular formula is C22H17N3O2. The minimum Gasteiger partial charge on any atom is -0.324 e. The van der Waals surface area contributed by atoms with E-state index < -0.39 is 0 Å². The molecule has 1 aliphatic carbocycles. The Hall–Kier alpha value is -3.47. The predicted octanol–water partition coefficient (Wildman–Crippen LogP) is 3.29. The van der Waals surface area contributed by atoms with E-state index in [1.165, 1.54) is 27.3 Å². The SMILES string of the molecule is O=C(Cn1c(=O)cnc2ccccc21)Nc1ccc2c3c(cccc13)CC2. The predicted molar refractivity (Wildman–Crippen MR) is 106 cm³/mol. The molecule has 0 spiro atoms. The molecule has 5 nitrogen and oxygen atoms in total. The van der Waals surface area contributed by atoms with E-state index in [0.717, 1.165) is 23.9 Å². The molecule has 27 heavy (non-hydrogen) atoms. The van der Waals surface area contributed by atoms with Gasteiger partial charge in [-0.25, -0.2) is 4.98 Å². The molecule has 1 aromatic heterocycles. The minimum absolute atomic E-state index is 0.0508. The van der Waals surface area contributed by atoms with E-state index in [2.05, 4.69) is 22.4 Å². The Kier molecular flexibility index (Phi) is 3.53. The Morgan fingerprint density at radius 1 is 1.00 bits per heavy atom. The molecule has 1 aliphatic rings. The van der Waals surface area contributed by atoms with E-state index in [-0.39, 0.29) is 18.0 Å². The molecule has 3 aromatic carbocycles. The summed E-state index contributed by atoms with van der Waals surface area (Å²) < 4.78 is 1.46. The molecule has 1 heterocycles. The number of anilines is 1. The maximum Gasteiger partial charge on any atom is 0.269 e. The number of benzene rings is 3. The lowest BCUT2D eigenvalue weighted by molar-refractivity contribution is -0.116. The molecule has 0 bridgehead atoms. The van der Waals surface area contributed by atoms with Gasteiger partial charge in [0.25, 0.3) is 5.56 Å². The van der Waals surface area contributed by atoms with Crippen molar-refractivity contribution in [2.24, 2.45) is 0 Å². The molecule has 0 atom stereocenters. The lowest BCUT2D eigenvalue weighted by Crippen LogP contribution is -2.28. The summed E-state index contributed by atoms with van der Waals surface area (Å²) in [6.45, 7) is -0.0508. The molecule has 0 radical (unpaired) electrons. The number of carbonyl (C=O) groups excluding carboxylic acids is 1. The molecule has 1 amide bonds. The van der Waals surface area contributed by atoms with Gasteiger partial charge < -0.3 is 5.32 Å². The number of fused-ring (bicyclic) bond motifs is 1. The highest BCUT2D eigenvalue weighted by atomic mass is 16.2. The van der Waals surface area contributed by atoms with E-state index in [0.29, 0.717) is 11.0 Å². The van der Waals surface area contributed by atoms with Crippen molar-refractivity contribution in [2.45, 2.75) is 19.4 Å². The summed E-state index contributed by atoms with van der Waals surface area (Å²) >= 11 is 0. The molecular weight excluding hydrogens is 338 g/mol. The van der Waals surface area contributed by atoms with E-state index in [4.69, 9.17) is 0 Å². The van der Waals surface area contributed by atoms with Crippen molar-refractivity contribution in [3.05, 3.63) is 82.3 Å². The summed E-state index contributed by atoms with van der Waals surface area (Å²) in [4.78, 5) is 29.1. The Labute approximate surface area is 155 Å². The number of rotatable bonds is 3. The van der Waals surface area contributed by atoms with Crippen LogP contribution in [0.2, 0.25) is 0 Å². The second-order valence-electron chi connectivity index (χ2n) is 6.83. The maximum absolute atomic E-state index is 12.7. The lowest BCUT2D eigenvalue weighted by Gasteiger charge is -2.12. The molecule has 0 unspecified atom stereocenters. The van der Waals surface area contributed by atoms with Gasteiger partial charge in [0.15, 0.2) is 0 Å². The highest BCUT2D eigenvalue weighted by Gasteiger charge is 2.17. The highest BCUT2D eigenvalue weighted by molar-refractivity contribution is 6.05. The lowest BCUT2D eigenvalue weighted by atomic mass is 10.0. The largest absolute Gasteiger partial charge is 0.324 e. The first-order valence-corrected chi connectivity index (χ1v) is 8.98. The molecule has 132 valence electrons. The van der Waals surface area contributed by atoms with Gasteiger partial charge in [-0.05, 0) is 47.6 Å². The van der Waals surface area contributed by atoms with Crippen LogP contribution in [0.15, 0.2) is 65.6 Å². The van der Waals surface area contributed by atoms with Crippen molar-refractivity contribution in [2.75, 3.05) is 5.32 Å². The summed E-state index contributed by atoms with van der Waals surface area (Å²) in [6.07, 6.45) is 3.35. The maximum atomic E-state index is 12.7. The average Bonchev–Trinajstić information content (AvgIpc) is 3.11. The number of aryl methyl sites for hydroxylation is 2. The third kappa shape index (κ3) is 2.59. The van der Waals surface area contributed by atoms with Gasteiger partial charge in [-0.2, -0.15) is 0 Å². The second kappa shape index (κ2) is 6.06. The number of aromatic nitrogens is 2. The Bertz CT molecular complexity index is 1260. The highest BCUT2D eigenvalue weighted by Crippen LogP contribution is 2.34. The standard InChI is InChI=1S/C22H17N3O2/c26-20(13-25-19-7-2-1-6-18(19)23-12-21(25)27)24-17-11-10-15-9-8-14-4-3-5-16(17)22(14)15/h1-7,10-12H,8-9,13H2,(H,24,26). The number of amides is 1. The summed E-state index contributed by atoms with van der Waals surface area (Å²) in [5, 5.41) is 5.30. The van der Waals surface area contributed by atoms with Crippen molar-refractivity contribution in [3.8, 4) is 0 Å². The van der Waals surface area contributed by atoms with Gasteiger partial charge in [-0.3, -0.25) is 14.2 Å². The number of carbonyl (C=O) groups is 1. The van der Waals surface area contributed by atoms with Crippen LogP contribution in [0.3, 0.4) is 0 Å². The van der Waals surface area contributed by atoms with Crippen molar-refractivity contribution in [1.82, 2.24) is 9.55 Å². The molecule has 0 fully saturated rings. The average molecular weight is 355 g/mol. The first-order chi connectivity index (χ1) is 13.2. The topological polar surface area (TPSA) is 64.0 Å². The van der Waals surface area contributed by atoms with Gasteiger partial charge >= 0.3 is 0 Å². The van der Waals surface area contributed by atoms with Crippen molar-refractivity contribution in [1.29, 1.82) is 0 Å². The fourth-order valence-electron chi connectivity index (χ4n) is 3.97. The van der Waals surface area contributed by atoms with E-state index in [1.54, 1.807) is 6.07 Å². The molecule has 5 heteroatoms. The van der Waals surface area contributed by atoms with E-state index in [1.807, 2.05) is 36.4 Å². The Morgan fingerprint density at radius 3 is 2.70 bits per heavy atom. The van der Waals surface area contributed by atoms with Gasteiger partial charge in [0.2, 0.25) is 5.91 Å². The van der Waals surface area contributed by atoms with Crippen molar-refractivity contribution >= 4 is 33.4 Å². The van der Waals surface area contributed by atoms with Crippen molar-refractivity contribution in [3.63, 3.8) is 0 Å². The number of hydrogen-bond donors (Lipinski definition) is 1. The summed E-state index contributed by atoms with van der Waals surface area (Å²) in [7, 11) is 0. The molecule has 0 aliphatic heterocycles. The van der Waals surface area contributed by atoms with Gasteiger partial charge in [-0.15, -0.1) is 0 Å². The quantitative estimate of drug-likeness (QED) is 0.613. The first kappa shape index (κ1) is 15.8. The van der Waals surface area contributed by atoms with Crippen LogP contribution in [-0.2, 0) is 24.2 Å². The van der Waals surface area contributed by atoms with Crippen LogP contribution in [0.5, 0.6) is 0 Å². The fourth-order valence-corrected chi connectivity index (χ4v) is 3.97. The number of nitrogens with zero attached hydrogens (tertiary/aromatic N) is 2. The minimum atomic E-state index is -0.288. The van der Waals surface area contributed by atoms with Crippen LogP contribution in [0.1, 0.15) is 11.1 Å². The molecule has 5 rings (SSSR count). The third-order valence-corrected chi connectivity index (χ3v) is 5.21. The van der Waals surface area contributed by atoms with Crippen LogP contribution in [0, 0.1) is 0 Å². The zero-order valence-electron chi connectivity index (χ0n) is 14.6. The van der Waals surface area contributed by atoms with Crippen LogP contribution in [0.25, 0.3) is 21.8 Å². The normalized spacial score (nSPS) is 12.6. The monoisotopic (exact) mass is 355 g/mol. The van der Waals surface area contributed by atoms with Crippen LogP contribution >= 0.6 is 0 Å². The third-order valence-electron chi connectivity index (χ3n) is 5.21. The van der Waals surface area contributed by atoms with Crippen LogP contribution in [-0.4, -0.2) is 15.5 Å². The van der Waals surface area contributed by atoms with Gasteiger partial charge in [0, 0.05) is 11.1 Å². The number of nitrogens with one attached hydrogen (secondary N) is 1. The second-order valence-corrected chi connectivity index (χ2v) is 6.83. The molecule has 0 saturated heterocycles. The summed E-state index contributed by atoms with van der Waals surface area (Å²) in [6, 6.07) is 17.6. The van der Waals surface area contributed by atoms with Crippen LogP contribution < -0.4 is 10.9 Å². The van der Waals surface area contributed by atoms with Crippen LogP contribution in [0.4, 0.5) is 5.69 Å². The molecule has 0 saturated carbocycles. The Balaban J connectivity index is 1.50. The Morgan fingerprint density at radius 2 is 1.81 bits per heavy atom. The van der Waals surface area contributed by atoms with Gasteiger partial charge in [0.1, 0.15) is 6.54 Å².